The molecule has 0 saturated carbocycles. The summed E-state index contributed by atoms with van der Waals surface area (Å²) in [5.41, 5.74) is 0.924. The van der Waals surface area contributed by atoms with Crippen molar-refractivity contribution in [2.75, 3.05) is 5.32 Å². The van der Waals surface area contributed by atoms with Gasteiger partial charge in [-0.1, -0.05) is 23.2 Å². The van der Waals surface area contributed by atoms with E-state index in [9.17, 15) is 0 Å². The number of anilines is 1. The van der Waals surface area contributed by atoms with Gasteiger partial charge in [-0.2, -0.15) is 0 Å². The SMILES string of the molecule is CC(Cl)Nc1ccc(Cl)cc1. The van der Waals surface area contributed by atoms with Crippen molar-refractivity contribution in [2.24, 2.45) is 0 Å². The Labute approximate surface area is 76.3 Å². The van der Waals surface area contributed by atoms with E-state index in [0.717, 1.165) is 10.7 Å². The average Bonchev–Trinajstić information content (AvgIpc) is 1.93. The zero-order valence-electron chi connectivity index (χ0n) is 6.14. The van der Waals surface area contributed by atoms with Gasteiger partial charge in [-0.3, -0.25) is 0 Å². The number of rotatable bonds is 2. The summed E-state index contributed by atoms with van der Waals surface area (Å²) in [4.78, 5) is 0. The highest BCUT2D eigenvalue weighted by atomic mass is 35.5. The standard InChI is InChI=1S/C8H9Cl2N/c1-6(9)11-8-4-2-7(10)3-5-8/h2-6,11H,1H3. The van der Waals surface area contributed by atoms with E-state index in [4.69, 9.17) is 23.2 Å². The van der Waals surface area contributed by atoms with Crippen LogP contribution in [0.15, 0.2) is 24.3 Å². The Morgan fingerprint density at radius 1 is 1.27 bits per heavy atom. The zero-order chi connectivity index (χ0) is 8.27. The van der Waals surface area contributed by atoms with Crippen LogP contribution in [0.5, 0.6) is 0 Å². The number of nitrogens with one attached hydrogen (secondary N) is 1. The van der Waals surface area contributed by atoms with Crippen LogP contribution in [0.1, 0.15) is 6.92 Å². The first-order valence-electron chi connectivity index (χ1n) is 3.34. The molecule has 0 aromatic heterocycles. The van der Waals surface area contributed by atoms with Gasteiger partial charge in [-0.25, -0.2) is 0 Å². The molecule has 1 nitrogen and oxygen atoms in total. The second-order valence-corrected chi connectivity index (χ2v) is 3.36. The Balaban J connectivity index is 2.66. The van der Waals surface area contributed by atoms with Crippen molar-refractivity contribution in [3.63, 3.8) is 0 Å². The van der Waals surface area contributed by atoms with Crippen LogP contribution >= 0.6 is 23.2 Å². The molecular formula is C8H9Cl2N. The van der Waals surface area contributed by atoms with E-state index in [0.29, 0.717) is 0 Å². The van der Waals surface area contributed by atoms with Gasteiger partial charge >= 0.3 is 0 Å². The van der Waals surface area contributed by atoms with E-state index < -0.39 is 0 Å². The molecule has 1 unspecified atom stereocenters. The number of halogens is 2. The lowest BCUT2D eigenvalue weighted by atomic mass is 10.3. The second-order valence-electron chi connectivity index (χ2n) is 2.27. The summed E-state index contributed by atoms with van der Waals surface area (Å²) in [5.74, 6) is 0. The van der Waals surface area contributed by atoms with Crippen LogP contribution < -0.4 is 5.32 Å². The lowest BCUT2D eigenvalue weighted by molar-refractivity contribution is 1.11. The van der Waals surface area contributed by atoms with Gasteiger partial charge in [-0.05, 0) is 31.2 Å². The molecule has 60 valence electrons. The Hall–Kier alpha value is -0.400. The van der Waals surface area contributed by atoms with Crippen LogP contribution in [0.3, 0.4) is 0 Å². The third kappa shape index (κ3) is 3.00. The summed E-state index contributed by atoms with van der Waals surface area (Å²) < 4.78 is 0. The van der Waals surface area contributed by atoms with Crippen molar-refractivity contribution in [3.8, 4) is 0 Å². The Kier molecular flexibility index (Phi) is 3.03. The largest absolute Gasteiger partial charge is 0.369 e. The second kappa shape index (κ2) is 3.84. The van der Waals surface area contributed by atoms with Gasteiger partial charge in [0.25, 0.3) is 0 Å². The molecule has 0 aliphatic heterocycles. The predicted octanol–water partition coefficient (Wildman–Crippen LogP) is 3.34. The molecule has 1 aromatic carbocycles. The third-order valence-electron chi connectivity index (χ3n) is 1.21. The summed E-state index contributed by atoms with van der Waals surface area (Å²) in [6, 6.07) is 7.43. The predicted molar refractivity (Wildman–Crippen MR) is 50.4 cm³/mol. The third-order valence-corrected chi connectivity index (χ3v) is 1.57. The molecular weight excluding hydrogens is 181 g/mol. The molecule has 0 spiro atoms. The van der Waals surface area contributed by atoms with Gasteiger partial charge in [-0.15, -0.1) is 0 Å². The molecule has 0 fully saturated rings. The fourth-order valence-electron chi connectivity index (χ4n) is 0.776. The lowest BCUT2D eigenvalue weighted by Gasteiger charge is -2.06. The van der Waals surface area contributed by atoms with Crippen LogP contribution in [0.2, 0.25) is 5.02 Å². The molecule has 1 atom stereocenters. The van der Waals surface area contributed by atoms with Crippen molar-refractivity contribution < 1.29 is 0 Å². The average molecular weight is 190 g/mol. The van der Waals surface area contributed by atoms with Crippen LogP contribution in [0.25, 0.3) is 0 Å². The van der Waals surface area contributed by atoms with Gasteiger partial charge in [0.15, 0.2) is 0 Å². The molecule has 0 amide bonds. The summed E-state index contributed by atoms with van der Waals surface area (Å²) in [5, 5.41) is 3.77. The van der Waals surface area contributed by atoms with Gasteiger partial charge in [0.2, 0.25) is 0 Å². The van der Waals surface area contributed by atoms with E-state index >= 15 is 0 Å². The molecule has 1 aromatic rings. The fourth-order valence-corrected chi connectivity index (χ4v) is 1.03. The van der Waals surface area contributed by atoms with E-state index in [1.807, 2.05) is 31.2 Å². The summed E-state index contributed by atoms with van der Waals surface area (Å²) in [7, 11) is 0. The summed E-state index contributed by atoms with van der Waals surface area (Å²) in [6.07, 6.45) is 0. The van der Waals surface area contributed by atoms with Gasteiger partial charge in [0.05, 0.1) is 5.50 Å². The smallest absolute Gasteiger partial charge is 0.0984 e. The molecule has 0 heterocycles. The van der Waals surface area contributed by atoms with E-state index in [-0.39, 0.29) is 5.50 Å². The van der Waals surface area contributed by atoms with E-state index in [1.54, 1.807) is 0 Å². The molecule has 0 bridgehead atoms. The zero-order valence-corrected chi connectivity index (χ0v) is 7.65. The number of hydrogen-bond acceptors (Lipinski definition) is 1. The van der Waals surface area contributed by atoms with Crippen molar-refractivity contribution in [1.82, 2.24) is 0 Å². The van der Waals surface area contributed by atoms with Crippen molar-refractivity contribution in [2.45, 2.75) is 12.4 Å². The normalized spacial score (nSPS) is 12.6. The Bertz CT molecular complexity index is 218. The Morgan fingerprint density at radius 3 is 2.27 bits per heavy atom. The maximum Gasteiger partial charge on any atom is 0.0984 e. The number of hydrogen-bond donors (Lipinski definition) is 1. The topological polar surface area (TPSA) is 12.0 Å². The minimum absolute atomic E-state index is 0.0591. The molecule has 0 saturated heterocycles. The van der Waals surface area contributed by atoms with Crippen LogP contribution in [-0.2, 0) is 0 Å². The van der Waals surface area contributed by atoms with Crippen LogP contribution in [0.4, 0.5) is 5.69 Å². The van der Waals surface area contributed by atoms with Crippen molar-refractivity contribution >= 4 is 28.9 Å². The molecule has 0 aliphatic rings. The van der Waals surface area contributed by atoms with Gasteiger partial charge in [0.1, 0.15) is 0 Å². The molecule has 11 heavy (non-hydrogen) atoms. The van der Waals surface area contributed by atoms with Gasteiger partial charge in [0, 0.05) is 10.7 Å². The first-order valence-corrected chi connectivity index (χ1v) is 4.16. The number of benzene rings is 1. The van der Waals surface area contributed by atoms with Gasteiger partial charge < -0.3 is 5.32 Å². The maximum atomic E-state index is 5.71. The molecule has 1 N–H and O–H groups in total. The molecule has 3 heteroatoms. The summed E-state index contributed by atoms with van der Waals surface area (Å²) >= 11 is 11.4. The molecule has 0 radical (unpaired) electrons. The van der Waals surface area contributed by atoms with Crippen LogP contribution in [-0.4, -0.2) is 5.50 Å². The Morgan fingerprint density at radius 2 is 1.82 bits per heavy atom. The highest BCUT2D eigenvalue weighted by Crippen LogP contribution is 2.14. The monoisotopic (exact) mass is 189 g/mol. The highest BCUT2D eigenvalue weighted by molar-refractivity contribution is 6.30. The lowest BCUT2D eigenvalue weighted by Crippen LogP contribution is -2.05. The van der Waals surface area contributed by atoms with E-state index in [1.165, 1.54) is 0 Å². The quantitative estimate of drug-likeness (QED) is 0.557. The van der Waals surface area contributed by atoms with Crippen molar-refractivity contribution in [3.05, 3.63) is 29.3 Å². The summed E-state index contributed by atoms with van der Waals surface area (Å²) in [6.45, 7) is 1.87. The molecule has 0 aliphatic carbocycles. The highest BCUT2D eigenvalue weighted by Gasteiger charge is 1.94. The van der Waals surface area contributed by atoms with Crippen molar-refractivity contribution in [1.29, 1.82) is 0 Å². The maximum absolute atomic E-state index is 5.71. The fraction of sp³-hybridized carbons (Fsp3) is 0.250. The van der Waals surface area contributed by atoms with E-state index in [2.05, 4.69) is 5.32 Å². The minimum Gasteiger partial charge on any atom is -0.369 e. The minimum atomic E-state index is -0.0591. The first kappa shape index (κ1) is 8.69. The van der Waals surface area contributed by atoms with Crippen LogP contribution in [0, 0.1) is 0 Å². The first-order chi connectivity index (χ1) is 5.18. The molecule has 1 rings (SSSR count). The number of alkyl halides is 1.